The molecular weight excluding hydrogens is 482 g/mol. The van der Waals surface area contributed by atoms with E-state index in [1.165, 1.54) is 0 Å². The summed E-state index contributed by atoms with van der Waals surface area (Å²) in [6.45, 7) is 10.9. The minimum absolute atomic E-state index is 0.210. The van der Waals surface area contributed by atoms with Crippen LogP contribution in [0, 0.1) is 25.2 Å². The van der Waals surface area contributed by atoms with E-state index in [-0.39, 0.29) is 12.0 Å². The molecule has 0 N–H and O–H groups in total. The molecule has 1 aliphatic heterocycles. The Morgan fingerprint density at radius 2 is 1.85 bits per heavy atom. The standard InChI is InChI=1S/C25H28BrN5O2/c1-15-12-18(13-16(2)21(15)26)22-19(14-27)23-28-9-6-20(31(23)29-22)17-7-10-30(11-8-17)24(32)33-25(3,4)5/h6,9,12-13,17H,7-8,10-11H2,1-5H3. The number of halogens is 1. The zero-order valence-corrected chi connectivity index (χ0v) is 21.2. The zero-order valence-electron chi connectivity index (χ0n) is 19.6. The molecule has 7 nitrogen and oxygen atoms in total. The molecule has 3 heterocycles. The van der Waals surface area contributed by atoms with Crippen molar-refractivity contribution >= 4 is 27.7 Å². The molecule has 0 atom stereocenters. The molecule has 4 rings (SSSR count). The van der Waals surface area contributed by atoms with Crippen LogP contribution in [-0.4, -0.2) is 44.3 Å². The number of hydrogen-bond donors (Lipinski definition) is 0. The van der Waals surface area contributed by atoms with Gasteiger partial charge in [0.1, 0.15) is 22.9 Å². The molecule has 0 spiro atoms. The molecule has 0 radical (unpaired) electrons. The predicted molar refractivity (Wildman–Crippen MR) is 130 cm³/mol. The maximum Gasteiger partial charge on any atom is 0.410 e. The third-order valence-corrected chi connectivity index (χ3v) is 7.19. The molecule has 0 bridgehead atoms. The summed E-state index contributed by atoms with van der Waals surface area (Å²) in [5.41, 5.74) is 5.28. The third kappa shape index (κ3) is 4.60. The highest BCUT2D eigenvalue weighted by atomic mass is 79.9. The monoisotopic (exact) mass is 509 g/mol. The number of ether oxygens (including phenoxy) is 1. The normalized spacial score (nSPS) is 15.0. The molecule has 0 aliphatic carbocycles. The summed E-state index contributed by atoms with van der Waals surface area (Å²) in [4.78, 5) is 18.7. The van der Waals surface area contributed by atoms with E-state index in [2.05, 4.69) is 27.0 Å². The molecule has 0 unspecified atom stereocenters. The smallest absolute Gasteiger partial charge is 0.410 e. The maximum atomic E-state index is 12.4. The first-order valence-electron chi connectivity index (χ1n) is 11.1. The molecular formula is C25H28BrN5O2. The Morgan fingerprint density at radius 1 is 1.21 bits per heavy atom. The first kappa shape index (κ1) is 23.2. The number of hydrogen-bond acceptors (Lipinski definition) is 5. The van der Waals surface area contributed by atoms with Gasteiger partial charge < -0.3 is 9.64 Å². The summed E-state index contributed by atoms with van der Waals surface area (Å²) in [7, 11) is 0. The molecule has 1 aromatic carbocycles. The Bertz CT molecular complexity index is 1240. The summed E-state index contributed by atoms with van der Waals surface area (Å²) >= 11 is 3.61. The van der Waals surface area contributed by atoms with Gasteiger partial charge in [0.2, 0.25) is 0 Å². The highest BCUT2D eigenvalue weighted by Crippen LogP contribution is 2.34. The van der Waals surface area contributed by atoms with Gasteiger partial charge in [-0.15, -0.1) is 0 Å². The minimum atomic E-state index is -0.506. The van der Waals surface area contributed by atoms with Gasteiger partial charge in [-0.25, -0.2) is 14.3 Å². The number of nitriles is 1. The summed E-state index contributed by atoms with van der Waals surface area (Å²) in [5, 5.41) is 14.8. The van der Waals surface area contributed by atoms with Crippen molar-refractivity contribution in [2.45, 2.75) is 59.0 Å². The predicted octanol–water partition coefficient (Wildman–Crippen LogP) is 5.76. The van der Waals surface area contributed by atoms with Crippen molar-refractivity contribution < 1.29 is 9.53 Å². The quantitative estimate of drug-likeness (QED) is 0.438. The molecule has 2 aromatic heterocycles. The maximum absolute atomic E-state index is 12.4. The van der Waals surface area contributed by atoms with Crippen LogP contribution in [0.4, 0.5) is 4.79 Å². The SMILES string of the molecule is Cc1cc(-c2nn3c(C4CCN(C(=O)OC(C)(C)C)CC4)ccnc3c2C#N)cc(C)c1Br. The Labute approximate surface area is 202 Å². The summed E-state index contributed by atoms with van der Waals surface area (Å²) in [6, 6.07) is 8.37. The number of carbonyl (C=O) groups excluding carboxylic acids is 1. The lowest BCUT2D eigenvalue weighted by molar-refractivity contribution is 0.0203. The van der Waals surface area contributed by atoms with Crippen molar-refractivity contribution in [2.75, 3.05) is 13.1 Å². The van der Waals surface area contributed by atoms with E-state index >= 15 is 0 Å². The van der Waals surface area contributed by atoms with E-state index in [0.717, 1.165) is 39.7 Å². The van der Waals surface area contributed by atoms with E-state index < -0.39 is 5.60 Å². The Kier molecular flexibility index (Phi) is 6.19. The second-order valence-corrected chi connectivity index (χ2v) is 10.4. The van der Waals surface area contributed by atoms with Crippen molar-refractivity contribution in [3.8, 4) is 17.3 Å². The fraction of sp³-hybridized carbons (Fsp3) is 0.440. The zero-order chi connectivity index (χ0) is 23.9. The summed E-state index contributed by atoms with van der Waals surface area (Å²) < 4.78 is 8.39. The Balaban J connectivity index is 1.66. The van der Waals surface area contributed by atoms with Gasteiger partial charge in [-0.2, -0.15) is 10.4 Å². The van der Waals surface area contributed by atoms with Gasteiger partial charge in [0.15, 0.2) is 5.65 Å². The number of piperidine rings is 1. The largest absolute Gasteiger partial charge is 0.444 e. The highest BCUT2D eigenvalue weighted by Gasteiger charge is 2.29. The number of likely N-dealkylation sites (tertiary alicyclic amines) is 1. The molecule has 8 heteroatoms. The lowest BCUT2D eigenvalue weighted by Crippen LogP contribution is -2.41. The number of aryl methyl sites for hydroxylation is 2. The Morgan fingerprint density at radius 3 is 2.42 bits per heavy atom. The molecule has 3 aromatic rings. The second-order valence-electron chi connectivity index (χ2n) is 9.61. The van der Waals surface area contributed by atoms with Crippen LogP contribution in [0.2, 0.25) is 0 Å². The summed E-state index contributed by atoms with van der Waals surface area (Å²) in [6.07, 6.45) is 3.07. The lowest BCUT2D eigenvalue weighted by atomic mass is 9.93. The van der Waals surface area contributed by atoms with Crippen LogP contribution in [0.1, 0.15) is 61.9 Å². The first-order chi connectivity index (χ1) is 15.6. The van der Waals surface area contributed by atoms with Gasteiger partial charge in [0, 0.05) is 40.9 Å². The highest BCUT2D eigenvalue weighted by molar-refractivity contribution is 9.10. The van der Waals surface area contributed by atoms with E-state index in [4.69, 9.17) is 9.84 Å². The van der Waals surface area contributed by atoms with Crippen LogP contribution in [0.25, 0.3) is 16.9 Å². The van der Waals surface area contributed by atoms with Crippen LogP contribution < -0.4 is 0 Å². The van der Waals surface area contributed by atoms with Crippen LogP contribution in [0.5, 0.6) is 0 Å². The number of rotatable bonds is 2. The van der Waals surface area contributed by atoms with E-state index in [1.54, 1.807) is 11.1 Å². The van der Waals surface area contributed by atoms with Gasteiger partial charge in [0.05, 0.1) is 0 Å². The lowest BCUT2D eigenvalue weighted by Gasteiger charge is -2.33. The topological polar surface area (TPSA) is 83.5 Å². The fourth-order valence-corrected chi connectivity index (χ4v) is 4.57. The number of nitrogens with zero attached hydrogens (tertiary/aromatic N) is 5. The van der Waals surface area contributed by atoms with Crippen molar-refractivity contribution in [1.82, 2.24) is 19.5 Å². The van der Waals surface area contributed by atoms with Crippen LogP contribution in [0.3, 0.4) is 0 Å². The van der Waals surface area contributed by atoms with Crippen molar-refractivity contribution in [2.24, 2.45) is 0 Å². The average molecular weight is 510 g/mol. The van der Waals surface area contributed by atoms with Gasteiger partial charge in [-0.3, -0.25) is 0 Å². The third-order valence-electron chi connectivity index (χ3n) is 5.93. The molecule has 172 valence electrons. The van der Waals surface area contributed by atoms with Gasteiger partial charge in [-0.05, 0) is 76.8 Å². The van der Waals surface area contributed by atoms with Crippen molar-refractivity contribution in [1.29, 1.82) is 5.26 Å². The molecule has 1 amide bonds. The van der Waals surface area contributed by atoms with Crippen LogP contribution in [-0.2, 0) is 4.74 Å². The molecule has 1 aliphatic rings. The molecule has 1 saturated heterocycles. The molecule has 1 fully saturated rings. The first-order valence-corrected chi connectivity index (χ1v) is 11.9. The fourth-order valence-electron chi connectivity index (χ4n) is 4.34. The van der Waals surface area contributed by atoms with Gasteiger partial charge in [0.25, 0.3) is 0 Å². The van der Waals surface area contributed by atoms with Crippen LogP contribution >= 0.6 is 15.9 Å². The second kappa shape index (κ2) is 8.79. The molecule has 33 heavy (non-hydrogen) atoms. The summed E-state index contributed by atoms with van der Waals surface area (Å²) in [5.74, 6) is 0.210. The number of fused-ring (bicyclic) bond motifs is 1. The van der Waals surface area contributed by atoms with Crippen molar-refractivity contribution in [3.63, 3.8) is 0 Å². The van der Waals surface area contributed by atoms with Gasteiger partial charge in [-0.1, -0.05) is 15.9 Å². The average Bonchev–Trinajstić information content (AvgIpc) is 3.15. The van der Waals surface area contributed by atoms with E-state index in [9.17, 15) is 10.1 Å². The number of carbonyl (C=O) groups is 1. The molecule has 0 saturated carbocycles. The number of amides is 1. The van der Waals surface area contributed by atoms with Gasteiger partial charge >= 0.3 is 6.09 Å². The van der Waals surface area contributed by atoms with Crippen molar-refractivity contribution in [3.05, 3.63) is 51.3 Å². The minimum Gasteiger partial charge on any atom is -0.444 e. The van der Waals surface area contributed by atoms with E-state index in [1.807, 2.05) is 57.3 Å². The number of aromatic nitrogens is 3. The Hall–Kier alpha value is -2.92. The number of benzene rings is 1. The van der Waals surface area contributed by atoms with Crippen LogP contribution in [0.15, 0.2) is 28.9 Å². The van der Waals surface area contributed by atoms with E-state index in [0.29, 0.717) is 30.0 Å².